The lowest BCUT2D eigenvalue weighted by Gasteiger charge is -2.26. The second-order valence-electron chi connectivity index (χ2n) is 9.07. The Balaban J connectivity index is 1.35. The van der Waals surface area contributed by atoms with Gasteiger partial charge in [-0.2, -0.15) is 0 Å². The molecule has 1 fully saturated rings. The molecule has 1 saturated heterocycles. The van der Waals surface area contributed by atoms with Gasteiger partial charge in [-0.15, -0.1) is 0 Å². The number of ether oxygens (including phenoxy) is 1. The predicted molar refractivity (Wildman–Crippen MR) is 155 cm³/mol. The van der Waals surface area contributed by atoms with Gasteiger partial charge < -0.3 is 19.4 Å². The fourth-order valence-corrected chi connectivity index (χ4v) is 5.15. The molecule has 0 bridgehead atoms. The van der Waals surface area contributed by atoms with Gasteiger partial charge in [-0.05, 0) is 104 Å². The zero-order valence-corrected chi connectivity index (χ0v) is 22.1. The van der Waals surface area contributed by atoms with Gasteiger partial charge in [-0.1, -0.05) is 35.9 Å². The number of pyridine rings is 1. The highest BCUT2D eigenvalue weighted by Gasteiger charge is 2.42. The minimum atomic E-state index is -0.249. The number of rotatable bonds is 6. The highest BCUT2D eigenvalue weighted by molar-refractivity contribution is 7.80. The zero-order chi connectivity index (χ0) is 26.1. The molecule has 0 unspecified atom stereocenters. The molecule has 0 saturated carbocycles. The fourth-order valence-electron chi connectivity index (χ4n) is 4.68. The lowest BCUT2D eigenvalue weighted by molar-refractivity contribution is 0.439. The number of nitrogens with one attached hydrogen (secondary N) is 1. The van der Waals surface area contributed by atoms with Crippen LogP contribution in [0.4, 0.5) is 5.69 Å². The molecule has 1 N–H and O–H groups in total. The van der Waals surface area contributed by atoms with Crippen molar-refractivity contribution in [1.29, 1.82) is 0 Å². The molecular formula is C31H24ClN3O2S. The highest BCUT2D eigenvalue weighted by Crippen LogP contribution is 2.43. The van der Waals surface area contributed by atoms with Gasteiger partial charge in [0.15, 0.2) is 5.11 Å². The van der Waals surface area contributed by atoms with Gasteiger partial charge in [0.1, 0.15) is 29.1 Å². The summed E-state index contributed by atoms with van der Waals surface area (Å²) in [4.78, 5) is 6.70. The second-order valence-corrected chi connectivity index (χ2v) is 9.89. The Bertz CT molecular complexity index is 1570. The number of para-hydroxylation sites is 1. The number of aryl methyl sites for hydroxylation is 1. The average molecular weight is 538 g/mol. The summed E-state index contributed by atoms with van der Waals surface area (Å²) in [6, 6.07) is 32.9. The van der Waals surface area contributed by atoms with Gasteiger partial charge in [-0.25, -0.2) is 0 Å². The summed E-state index contributed by atoms with van der Waals surface area (Å²) in [6.45, 7) is 2.03. The van der Waals surface area contributed by atoms with Crippen molar-refractivity contribution in [3.8, 4) is 22.8 Å². The molecule has 38 heavy (non-hydrogen) atoms. The van der Waals surface area contributed by atoms with Crippen molar-refractivity contribution >= 4 is 34.6 Å². The number of halogens is 1. The maximum Gasteiger partial charge on any atom is 0.174 e. The molecule has 6 rings (SSSR count). The largest absolute Gasteiger partial charge is 0.459 e. The first-order chi connectivity index (χ1) is 18.6. The summed E-state index contributed by atoms with van der Waals surface area (Å²) in [6.07, 6.45) is 1.79. The molecule has 7 heteroatoms. The average Bonchev–Trinajstić information content (AvgIpc) is 3.56. The van der Waals surface area contributed by atoms with E-state index in [9.17, 15) is 0 Å². The van der Waals surface area contributed by atoms with Crippen LogP contribution < -0.4 is 15.0 Å². The summed E-state index contributed by atoms with van der Waals surface area (Å²) in [5.41, 5.74) is 3.83. The van der Waals surface area contributed by atoms with Gasteiger partial charge >= 0.3 is 0 Å². The standard InChI is InChI=1S/C31H24ClN3O2S/c1-20-6-2-3-8-26(20)36-24-15-13-23(14-16-24)35-30(29(34-31(35)38)25-7-4-5-19-33-25)28-18-17-27(37-28)21-9-11-22(32)12-10-21/h2-19,29-30H,1H3,(H,34,38)/t29-,30+/m0/s1. The van der Waals surface area contributed by atoms with E-state index in [2.05, 4.69) is 15.2 Å². The Kier molecular flexibility index (Phi) is 6.58. The van der Waals surface area contributed by atoms with E-state index in [1.165, 1.54) is 0 Å². The molecule has 3 aromatic carbocycles. The minimum absolute atomic E-state index is 0.198. The number of anilines is 1. The van der Waals surface area contributed by atoms with Crippen LogP contribution in [-0.2, 0) is 0 Å². The van der Waals surface area contributed by atoms with Crippen molar-refractivity contribution in [2.75, 3.05) is 4.90 Å². The van der Waals surface area contributed by atoms with E-state index in [-0.39, 0.29) is 12.1 Å². The molecule has 2 aromatic heterocycles. The first-order valence-corrected chi connectivity index (χ1v) is 13.1. The molecule has 5 aromatic rings. The van der Waals surface area contributed by atoms with Crippen LogP contribution in [0.3, 0.4) is 0 Å². The number of hydrogen-bond donors (Lipinski definition) is 1. The maximum absolute atomic E-state index is 6.42. The third-order valence-electron chi connectivity index (χ3n) is 6.58. The summed E-state index contributed by atoms with van der Waals surface area (Å²) in [5.74, 6) is 3.12. The van der Waals surface area contributed by atoms with E-state index < -0.39 is 0 Å². The van der Waals surface area contributed by atoms with Crippen LogP contribution >= 0.6 is 23.8 Å². The summed E-state index contributed by atoms with van der Waals surface area (Å²) in [5, 5.41) is 4.75. The number of benzene rings is 3. The summed E-state index contributed by atoms with van der Waals surface area (Å²) < 4.78 is 12.5. The molecule has 1 aliphatic heterocycles. The third kappa shape index (κ3) is 4.76. The number of nitrogens with zero attached hydrogens (tertiary/aromatic N) is 2. The van der Waals surface area contributed by atoms with Gasteiger partial charge in [0.2, 0.25) is 0 Å². The van der Waals surface area contributed by atoms with Crippen LogP contribution in [0.1, 0.15) is 29.1 Å². The van der Waals surface area contributed by atoms with E-state index in [4.69, 9.17) is 33.0 Å². The molecule has 5 nitrogen and oxygen atoms in total. The molecule has 2 atom stereocenters. The van der Waals surface area contributed by atoms with Crippen LogP contribution in [0.2, 0.25) is 5.02 Å². The third-order valence-corrected chi connectivity index (χ3v) is 7.15. The Morgan fingerprint density at radius 2 is 1.66 bits per heavy atom. The lowest BCUT2D eigenvalue weighted by Crippen LogP contribution is -2.29. The van der Waals surface area contributed by atoms with Crippen LogP contribution in [-0.4, -0.2) is 10.1 Å². The van der Waals surface area contributed by atoms with Gasteiger partial charge in [0, 0.05) is 22.5 Å². The molecule has 0 radical (unpaired) electrons. The molecule has 1 aliphatic rings. The van der Waals surface area contributed by atoms with Gasteiger partial charge in [-0.3, -0.25) is 4.98 Å². The van der Waals surface area contributed by atoms with E-state index in [1.54, 1.807) is 6.20 Å². The smallest absolute Gasteiger partial charge is 0.174 e. The van der Waals surface area contributed by atoms with E-state index >= 15 is 0 Å². The van der Waals surface area contributed by atoms with Gasteiger partial charge in [0.25, 0.3) is 0 Å². The van der Waals surface area contributed by atoms with Crippen molar-refractivity contribution in [3.63, 3.8) is 0 Å². The van der Waals surface area contributed by atoms with Crippen molar-refractivity contribution in [1.82, 2.24) is 10.3 Å². The molecule has 3 heterocycles. The number of hydrogen-bond acceptors (Lipinski definition) is 4. The summed E-state index contributed by atoms with van der Waals surface area (Å²) in [7, 11) is 0. The van der Waals surface area contributed by atoms with E-state index in [1.807, 2.05) is 110 Å². The van der Waals surface area contributed by atoms with E-state index in [0.29, 0.717) is 10.1 Å². The highest BCUT2D eigenvalue weighted by atomic mass is 35.5. The van der Waals surface area contributed by atoms with Crippen molar-refractivity contribution in [3.05, 3.63) is 131 Å². The normalized spacial score (nSPS) is 16.9. The zero-order valence-electron chi connectivity index (χ0n) is 20.5. The van der Waals surface area contributed by atoms with Crippen molar-refractivity contribution in [2.24, 2.45) is 0 Å². The van der Waals surface area contributed by atoms with Crippen LogP contribution in [0, 0.1) is 6.92 Å². The Morgan fingerprint density at radius 3 is 2.39 bits per heavy atom. The minimum Gasteiger partial charge on any atom is -0.459 e. The van der Waals surface area contributed by atoms with Crippen LogP contribution in [0.5, 0.6) is 11.5 Å². The lowest BCUT2D eigenvalue weighted by atomic mass is 10.0. The quantitative estimate of drug-likeness (QED) is 0.220. The maximum atomic E-state index is 6.42. The molecular weight excluding hydrogens is 514 g/mol. The SMILES string of the molecule is Cc1ccccc1Oc1ccc(N2C(=S)N[C@@H](c3ccccn3)[C@H]2c2ccc(-c3ccc(Cl)cc3)o2)cc1. The number of aromatic nitrogens is 1. The molecule has 0 amide bonds. The molecule has 0 aliphatic carbocycles. The van der Waals surface area contributed by atoms with Crippen LogP contribution in [0.25, 0.3) is 11.3 Å². The first-order valence-electron chi connectivity index (χ1n) is 12.3. The number of thiocarbonyl (C=S) groups is 1. The van der Waals surface area contributed by atoms with E-state index in [0.717, 1.165) is 45.5 Å². The van der Waals surface area contributed by atoms with Crippen molar-refractivity contribution < 1.29 is 9.15 Å². The topological polar surface area (TPSA) is 50.5 Å². The summed E-state index contributed by atoms with van der Waals surface area (Å²) >= 11 is 11.9. The fraction of sp³-hybridized carbons (Fsp3) is 0.0968. The Hall–Kier alpha value is -4.13. The van der Waals surface area contributed by atoms with Gasteiger partial charge in [0.05, 0.1) is 11.7 Å². The predicted octanol–water partition coefficient (Wildman–Crippen LogP) is 8.27. The molecule has 188 valence electrons. The number of furan rings is 1. The Labute approximate surface area is 231 Å². The van der Waals surface area contributed by atoms with Crippen LogP contribution in [0.15, 0.2) is 114 Å². The first kappa shape index (κ1) is 24.2. The second kappa shape index (κ2) is 10.3. The monoisotopic (exact) mass is 537 g/mol. The van der Waals surface area contributed by atoms with Crippen molar-refractivity contribution in [2.45, 2.75) is 19.0 Å². The Morgan fingerprint density at radius 1 is 0.895 bits per heavy atom. The molecule has 0 spiro atoms.